The molecule has 0 fully saturated rings. The molecule has 0 aromatic carbocycles. The predicted molar refractivity (Wildman–Crippen MR) is 95.3 cm³/mol. The molecule has 0 aliphatic heterocycles. The van der Waals surface area contributed by atoms with Crippen LogP contribution < -0.4 is 0 Å². The third kappa shape index (κ3) is 17.6. The molecular weight excluding hydrogens is 292 g/mol. The molecule has 0 heterocycles. The van der Waals surface area contributed by atoms with Gasteiger partial charge in [-0.05, 0) is 44.6 Å². The molecule has 0 aromatic heterocycles. The van der Waals surface area contributed by atoms with Crippen LogP contribution in [0, 0.1) is 0 Å². The smallest absolute Gasteiger partial charge is 0.187 e. The molecule has 0 radical (unpaired) electrons. The molecule has 0 unspecified atom stereocenters. The molecule has 0 aliphatic rings. The van der Waals surface area contributed by atoms with Gasteiger partial charge >= 0.3 is 0 Å². The zero-order valence-electron chi connectivity index (χ0n) is 15.6. The summed E-state index contributed by atoms with van der Waals surface area (Å²) in [6.45, 7) is 6.21. The molecule has 0 rings (SSSR count). The average molecular weight is 331 g/mol. The molecule has 0 atom stereocenters. The van der Waals surface area contributed by atoms with Crippen LogP contribution in [0.25, 0.3) is 0 Å². The number of ether oxygens (including phenoxy) is 4. The monoisotopic (exact) mass is 330 g/mol. The van der Waals surface area contributed by atoms with Gasteiger partial charge in [-0.25, -0.2) is 0 Å². The Kier molecular flexibility index (Phi) is 19.0. The van der Waals surface area contributed by atoms with Gasteiger partial charge in [0.05, 0.1) is 6.26 Å². The first-order chi connectivity index (χ1) is 11.3. The van der Waals surface area contributed by atoms with Crippen molar-refractivity contribution in [3.05, 3.63) is 12.3 Å². The first-order valence-corrected chi connectivity index (χ1v) is 9.33. The Morgan fingerprint density at radius 2 is 1.43 bits per heavy atom. The third-order valence-corrected chi connectivity index (χ3v) is 3.45. The number of methoxy groups -OCH3 is 1. The van der Waals surface area contributed by atoms with Crippen molar-refractivity contribution in [3.8, 4) is 0 Å². The van der Waals surface area contributed by atoms with E-state index in [-0.39, 0.29) is 6.29 Å². The Balaban J connectivity index is 3.39. The topological polar surface area (TPSA) is 36.9 Å². The molecule has 138 valence electrons. The maximum absolute atomic E-state index is 5.74. The van der Waals surface area contributed by atoms with Gasteiger partial charge in [-0.15, -0.1) is 0 Å². The third-order valence-electron chi connectivity index (χ3n) is 3.45. The molecule has 0 saturated heterocycles. The molecule has 0 amide bonds. The van der Waals surface area contributed by atoms with E-state index in [9.17, 15) is 0 Å². The molecule has 0 N–H and O–H groups in total. The Morgan fingerprint density at radius 1 is 0.826 bits per heavy atom. The molecule has 4 heteroatoms. The van der Waals surface area contributed by atoms with Crippen LogP contribution in [0.3, 0.4) is 0 Å². The summed E-state index contributed by atoms with van der Waals surface area (Å²) < 4.78 is 21.4. The number of unbranched alkanes of at least 4 members (excludes halogenated alkanes) is 6. The molecule has 4 nitrogen and oxygen atoms in total. The Bertz CT molecular complexity index is 236. The summed E-state index contributed by atoms with van der Waals surface area (Å²) in [5.41, 5.74) is 0. The summed E-state index contributed by atoms with van der Waals surface area (Å²) in [6.07, 6.45) is 15.6. The molecule has 0 saturated carbocycles. The van der Waals surface area contributed by atoms with Gasteiger partial charge in [0.25, 0.3) is 0 Å². The standard InChI is InChI=1S/C19H38O4/c1-4-15-22-19(23-16-5-2)14-12-10-8-6-7-9-11-13-17-21-18-20-3/h13,17,19H,4-12,14-16,18H2,1-3H3. The van der Waals surface area contributed by atoms with E-state index in [1.165, 1.54) is 38.5 Å². The first kappa shape index (κ1) is 22.4. The molecule has 0 bridgehead atoms. The summed E-state index contributed by atoms with van der Waals surface area (Å²) in [4.78, 5) is 0. The van der Waals surface area contributed by atoms with Gasteiger partial charge in [0.15, 0.2) is 13.1 Å². The summed E-state index contributed by atoms with van der Waals surface area (Å²) in [5.74, 6) is 0. The zero-order chi connectivity index (χ0) is 17.0. The fourth-order valence-electron chi connectivity index (χ4n) is 2.24. The van der Waals surface area contributed by atoms with Crippen LogP contribution in [0.4, 0.5) is 0 Å². The van der Waals surface area contributed by atoms with Crippen molar-refractivity contribution < 1.29 is 18.9 Å². The molecule has 0 spiro atoms. The van der Waals surface area contributed by atoms with Crippen molar-refractivity contribution in [2.24, 2.45) is 0 Å². The highest BCUT2D eigenvalue weighted by molar-refractivity contribution is 4.72. The van der Waals surface area contributed by atoms with E-state index in [1.54, 1.807) is 13.4 Å². The van der Waals surface area contributed by atoms with Crippen molar-refractivity contribution in [1.82, 2.24) is 0 Å². The largest absolute Gasteiger partial charge is 0.476 e. The highest BCUT2D eigenvalue weighted by Crippen LogP contribution is 2.12. The lowest BCUT2D eigenvalue weighted by molar-refractivity contribution is -0.146. The van der Waals surface area contributed by atoms with Gasteiger partial charge in [0, 0.05) is 20.3 Å². The lowest BCUT2D eigenvalue weighted by Crippen LogP contribution is -2.18. The van der Waals surface area contributed by atoms with Crippen LogP contribution in [-0.2, 0) is 18.9 Å². The van der Waals surface area contributed by atoms with E-state index in [2.05, 4.69) is 19.9 Å². The summed E-state index contributed by atoms with van der Waals surface area (Å²) in [5, 5.41) is 0. The summed E-state index contributed by atoms with van der Waals surface area (Å²) in [6, 6.07) is 0. The average Bonchev–Trinajstić information content (AvgIpc) is 2.57. The van der Waals surface area contributed by atoms with Crippen LogP contribution in [-0.4, -0.2) is 33.4 Å². The molecule has 23 heavy (non-hydrogen) atoms. The van der Waals surface area contributed by atoms with E-state index < -0.39 is 0 Å². The van der Waals surface area contributed by atoms with Crippen molar-refractivity contribution in [2.75, 3.05) is 27.1 Å². The van der Waals surface area contributed by atoms with Crippen LogP contribution in [0.2, 0.25) is 0 Å². The normalized spacial score (nSPS) is 11.7. The minimum Gasteiger partial charge on any atom is -0.476 e. The second-order valence-electron chi connectivity index (χ2n) is 5.81. The highest BCUT2D eigenvalue weighted by atomic mass is 16.7. The Labute approximate surface area is 143 Å². The second-order valence-corrected chi connectivity index (χ2v) is 5.81. The lowest BCUT2D eigenvalue weighted by Gasteiger charge is -2.18. The quantitative estimate of drug-likeness (QED) is 0.191. The van der Waals surface area contributed by atoms with Crippen molar-refractivity contribution in [3.63, 3.8) is 0 Å². The van der Waals surface area contributed by atoms with E-state index in [4.69, 9.17) is 18.9 Å². The zero-order valence-corrected chi connectivity index (χ0v) is 15.6. The van der Waals surface area contributed by atoms with Gasteiger partial charge in [-0.2, -0.15) is 0 Å². The number of hydrogen-bond donors (Lipinski definition) is 0. The fourth-order valence-corrected chi connectivity index (χ4v) is 2.24. The first-order valence-electron chi connectivity index (χ1n) is 9.33. The lowest BCUT2D eigenvalue weighted by atomic mass is 10.1. The minimum absolute atomic E-state index is 0.00661. The van der Waals surface area contributed by atoms with Crippen LogP contribution in [0.1, 0.15) is 78.1 Å². The van der Waals surface area contributed by atoms with Gasteiger partial charge in [0.2, 0.25) is 0 Å². The summed E-state index contributed by atoms with van der Waals surface area (Å²) in [7, 11) is 1.63. The predicted octanol–water partition coefficient (Wildman–Crippen LogP) is 5.42. The van der Waals surface area contributed by atoms with Gasteiger partial charge < -0.3 is 18.9 Å². The van der Waals surface area contributed by atoms with Crippen LogP contribution in [0.5, 0.6) is 0 Å². The minimum atomic E-state index is 0.00661. The molecule has 0 aromatic rings. The van der Waals surface area contributed by atoms with Crippen molar-refractivity contribution in [2.45, 2.75) is 84.3 Å². The maximum atomic E-state index is 5.74. The SMILES string of the molecule is CCCOC(CCCCCCCCC=COCOC)OCCC. The van der Waals surface area contributed by atoms with E-state index >= 15 is 0 Å². The molecular formula is C19H38O4. The van der Waals surface area contributed by atoms with E-state index in [1.807, 2.05) is 0 Å². The van der Waals surface area contributed by atoms with Crippen LogP contribution >= 0.6 is 0 Å². The van der Waals surface area contributed by atoms with Gasteiger partial charge in [0.1, 0.15) is 0 Å². The van der Waals surface area contributed by atoms with E-state index in [0.717, 1.165) is 38.9 Å². The van der Waals surface area contributed by atoms with Crippen molar-refractivity contribution >= 4 is 0 Å². The number of hydrogen-bond acceptors (Lipinski definition) is 4. The Hall–Kier alpha value is -0.580. The van der Waals surface area contributed by atoms with E-state index in [0.29, 0.717) is 6.79 Å². The molecule has 0 aliphatic carbocycles. The Morgan fingerprint density at radius 3 is 2.04 bits per heavy atom. The van der Waals surface area contributed by atoms with Crippen molar-refractivity contribution in [1.29, 1.82) is 0 Å². The van der Waals surface area contributed by atoms with Gasteiger partial charge in [-0.3, -0.25) is 0 Å². The number of rotatable bonds is 18. The second kappa shape index (κ2) is 19.5. The van der Waals surface area contributed by atoms with Crippen LogP contribution in [0.15, 0.2) is 12.3 Å². The fraction of sp³-hybridized carbons (Fsp3) is 0.895. The highest BCUT2D eigenvalue weighted by Gasteiger charge is 2.08. The number of allylic oxidation sites excluding steroid dienone is 1. The summed E-state index contributed by atoms with van der Waals surface area (Å²) >= 11 is 0. The maximum Gasteiger partial charge on any atom is 0.187 e. The van der Waals surface area contributed by atoms with Gasteiger partial charge in [-0.1, -0.05) is 39.5 Å².